The van der Waals surface area contributed by atoms with Gasteiger partial charge in [-0.05, 0) is 24.4 Å². The molecule has 15 heavy (non-hydrogen) atoms. The van der Waals surface area contributed by atoms with Crippen molar-refractivity contribution in [3.63, 3.8) is 0 Å². The number of hydrogen-bond donors (Lipinski definition) is 3. The Balaban J connectivity index is 2.33. The maximum atomic E-state index is 4.98. The van der Waals surface area contributed by atoms with Crippen LogP contribution in [0.4, 0.5) is 0 Å². The van der Waals surface area contributed by atoms with Crippen LogP contribution in [0, 0.1) is 0 Å². The monoisotopic (exact) mass is 220 g/mol. The quantitative estimate of drug-likeness (QED) is 0.284. The summed E-state index contributed by atoms with van der Waals surface area (Å²) in [5.41, 5.74) is 3.91. The maximum absolute atomic E-state index is 4.98. The predicted molar refractivity (Wildman–Crippen MR) is 66.5 cm³/mol. The zero-order valence-corrected chi connectivity index (χ0v) is 9.18. The highest BCUT2D eigenvalue weighted by Crippen LogP contribution is 1.90. The molecule has 0 fully saturated rings. The molecule has 0 radical (unpaired) electrons. The summed E-state index contributed by atoms with van der Waals surface area (Å²) in [7, 11) is 0. The van der Waals surface area contributed by atoms with Crippen molar-refractivity contribution < 1.29 is 5.10 Å². The first-order valence-corrected chi connectivity index (χ1v) is 5.02. The molecule has 0 aliphatic carbocycles. The topological polar surface area (TPSA) is 38.0 Å². The van der Waals surface area contributed by atoms with Crippen LogP contribution in [0.15, 0.2) is 43.0 Å². The molecule has 0 saturated heterocycles. The van der Waals surface area contributed by atoms with E-state index in [0.717, 1.165) is 5.56 Å². The van der Waals surface area contributed by atoms with Crippen LogP contribution < -0.4 is 15.8 Å². The Bertz CT molecular complexity index is 346. The standard InChI is InChI=1S/C11H13N3S/c1-2-8-12-11(15)14-13-9-10-6-4-3-5-7-10/h2-7,9H,1,8H2,(H2,12,14,15)/p+1. The third-order valence-electron chi connectivity index (χ3n) is 1.63. The molecule has 3 nitrogen and oxygen atoms in total. The van der Waals surface area contributed by atoms with Gasteiger partial charge in [-0.1, -0.05) is 24.3 Å². The van der Waals surface area contributed by atoms with Crippen molar-refractivity contribution in [1.29, 1.82) is 0 Å². The highest BCUT2D eigenvalue weighted by atomic mass is 32.1. The summed E-state index contributed by atoms with van der Waals surface area (Å²) in [6, 6.07) is 9.91. The Morgan fingerprint density at radius 3 is 2.80 bits per heavy atom. The van der Waals surface area contributed by atoms with Crippen LogP contribution in [0.2, 0.25) is 0 Å². The molecule has 0 atom stereocenters. The zero-order valence-electron chi connectivity index (χ0n) is 8.36. The van der Waals surface area contributed by atoms with Crippen LogP contribution in [0.25, 0.3) is 0 Å². The minimum atomic E-state index is 0.544. The van der Waals surface area contributed by atoms with Crippen LogP contribution in [-0.2, 0) is 0 Å². The van der Waals surface area contributed by atoms with E-state index in [9.17, 15) is 0 Å². The number of rotatable bonds is 4. The third kappa shape index (κ3) is 4.93. The summed E-state index contributed by atoms with van der Waals surface area (Å²) in [6.45, 7) is 4.23. The Kier molecular flexibility index (Phi) is 5.11. The van der Waals surface area contributed by atoms with Crippen molar-refractivity contribution in [2.75, 3.05) is 6.54 Å². The molecule has 1 aromatic carbocycles. The van der Waals surface area contributed by atoms with Gasteiger partial charge in [0, 0.05) is 12.1 Å². The van der Waals surface area contributed by atoms with Gasteiger partial charge in [0.2, 0.25) is 5.11 Å². The number of hydrazone groups is 1. The lowest BCUT2D eigenvalue weighted by atomic mass is 10.2. The highest BCUT2D eigenvalue weighted by molar-refractivity contribution is 7.80. The average molecular weight is 220 g/mol. The van der Waals surface area contributed by atoms with Crippen LogP contribution in [0.1, 0.15) is 5.56 Å². The summed E-state index contributed by atoms with van der Waals surface area (Å²) in [6.07, 6.45) is 3.58. The normalized spacial score (nSPS) is 9.87. The van der Waals surface area contributed by atoms with E-state index in [1.165, 1.54) is 0 Å². The molecule has 0 unspecified atom stereocenters. The number of hydrogen-bond acceptors (Lipinski definition) is 1. The second-order valence-corrected chi connectivity index (χ2v) is 3.23. The Hall–Kier alpha value is -1.68. The summed E-state index contributed by atoms with van der Waals surface area (Å²) < 4.78 is 0. The first kappa shape index (κ1) is 11.4. The van der Waals surface area contributed by atoms with E-state index >= 15 is 0 Å². The van der Waals surface area contributed by atoms with Gasteiger partial charge in [0.1, 0.15) is 0 Å². The fourth-order valence-electron chi connectivity index (χ4n) is 0.943. The predicted octanol–water partition coefficient (Wildman–Crippen LogP) is -0.249. The first-order valence-electron chi connectivity index (χ1n) is 4.61. The summed E-state index contributed by atoms with van der Waals surface area (Å²) >= 11 is 4.98. The van der Waals surface area contributed by atoms with Crippen molar-refractivity contribution in [2.45, 2.75) is 0 Å². The van der Waals surface area contributed by atoms with E-state index in [1.807, 2.05) is 36.5 Å². The van der Waals surface area contributed by atoms with Gasteiger partial charge in [-0.15, -0.1) is 17.1 Å². The third-order valence-corrected chi connectivity index (χ3v) is 1.88. The molecule has 3 N–H and O–H groups in total. The lowest BCUT2D eigenvalue weighted by Gasteiger charge is -1.98. The maximum Gasteiger partial charge on any atom is 0.224 e. The van der Waals surface area contributed by atoms with Gasteiger partial charge in [0.15, 0.2) is 6.21 Å². The van der Waals surface area contributed by atoms with Crippen molar-refractivity contribution in [1.82, 2.24) is 10.7 Å². The molecule has 0 bridgehead atoms. The summed E-state index contributed by atoms with van der Waals surface area (Å²) in [5, 5.41) is 6.38. The van der Waals surface area contributed by atoms with E-state index < -0.39 is 0 Å². The molecule has 1 rings (SSSR count). The summed E-state index contributed by atoms with van der Waals surface area (Å²) in [4.78, 5) is 0. The van der Waals surface area contributed by atoms with Crippen LogP contribution in [-0.4, -0.2) is 17.9 Å². The molecule has 0 spiro atoms. The molecule has 0 aromatic heterocycles. The SMILES string of the molecule is C=CCNC(=S)N[NH+]=Cc1ccccc1. The van der Waals surface area contributed by atoms with Gasteiger partial charge in [-0.3, -0.25) is 0 Å². The molecular weight excluding hydrogens is 206 g/mol. The first-order chi connectivity index (χ1) is 7.33. The van der Waals surface area contributed by atoms with Gasteiger partial charge in [-0.25, -0.2) is 0 Å². The summed E-state index contributed by atoms with van der Waals surface area (Å²) in [5.74, 6) is 0. The van der Waals surface area contributed by atoms with Crippen molar-refractivity contribution in [3.8, 4) is 0 Å². The van der Waals surface area contributed by atoms with E-state index in [2.05, 4.69) is 22.4 Å². The zero-order chi connectivity index (χ0) is 10.9. The number of hydrazine groups is 1. The molecular formula is C11H14N3S+. The van der Waals surface area contributed by atoms with Gasteiger partial charge < -0.3 is 5.32 Å². The largest absolute Gasteiger partial charge is 0.355 e. The van der Waals surface area contributed by atoms with Crippen molar-refractivity contribution >= 4 is 23.5 Å². The molecule has 78 valence electrons. The van der Waals surface area contributed by atoms with E-state index in [0.29, 0.717) is 11.7 Å². The Labute approximate surface area is 94.9 Å². The molecule has 0 aliphatic heterocycles. The lowest BCUT2D eigenvalue weighted by Crippen LogP contribution is -2.82. The van der Waals surface area contributed by atoms with E-state index in [1.54, 1.807) is 6.08 Å². The van der Waals surface area contributed by atoms with Crippen molar-refractivity contribution in [2.24, 2.45) is 0 Å². The molecule has 0 heterocycles. The molecule has 1 aromatic rings. The molecule has 0 saturated carbocycles. The van der Waals surface area contributed by atoms with Crippen molar-refractivity contribution in [3.05, 3.63) is 48.6 Å². The van der Waals surface area contributed by atoms with Gasteiger partial charge in [0.05, 0.1) is 0 Å². The lowest BCUT2D eigenvalue weighted by molar-refractivity contribution is -0.500. The Morgan fingerprint density at radius 2 is 2.13 bits per heavy atom. The smallest absolute Gasteiger partial charge is 0.224 e. The fraction of sp³-hybridized carbons (Fsp3) is 0.0909. The molecule has 4 heteroatoms. The van der Waals surface area contributed by atoms with Gasteiger partial charge >= 0.3 is 0 Å². The number of nitrogens with one attached hydrogen (secondary N) is 3. The highest BCUT2D eigenvalue weighted by Gasteiger charge is 1.93. The number of benzene rings is 1. The van der Waals surface area contributed by atoms with Gasteiger partial charge in [0.25, 0.3) is 0 Å². The molecule has 0 aliphatic rings. The Morgan fingerprint density at radius 1 is 1.40 bits per heavy atom. The minimum absolute atomic E-state index is 0.544. The average Bonchev–Trinajstić information content (AvgIpc) is 2.28. The fourth-order valence-corrected chi connectivity index (χ4v) is 1.09. The number of thiocarbonyl (C=S) groups is 1. The van der Waals surface area contributed by atoms with E-state index in [4.69, 9.17) is 12.2 Å². The van der Waals surface area contributed by atoms with Gasteiger partial charge in [-0.2, -0.15) is 0 Å². The second kappa shape index (κ2) is 6.73. The molecule has 0 amide bonds. The minimum Gasteiger partial charge on any atom is -0.355 e. The second-order valence-electron chi connectivity index (χ2n) is 2.82. The van der Waals surface area contributed by atoms with Crippen LogP contribution >= 0.6 is 12.2 Å². The van der Waals surface area contributed by atoms with Crippen LogP contribution in [0.3, 0.4) is 0 Å². The van der Waals surface area contributed by atoms with E-state index in [-0.39, 0.29) is 0 Å². The van der Waals surface area contributed by atoms with Crippen LogP contribution in [0.5, 0.6) is 0 Å².